The number of sulfonamides is 1. The zero-order valence-electron chi connectivity index (χ0n) is 19.2. The fourth-order valence-electron chi connectivity index (χ4n) is 4.08. The number of rotatable bonds is 7. The SMILES string of the molecule is O=C(NCc1ccc(S(=O)(=O)NC2CCOCC2)cc1)c1cncc2c1cnn2-c1ccc(F)cc1. The average molecular weight is 510 g/mol. The first-order valence-electron chi connectivity index (χ1n) is 11.5. The lowest BCUT2D eigenvalue weighted by molar-refractivity contribution is 0.0832. The molecule has 5 rings (SSSR count). The van der Waals surface area contributed by atoms with E-state index in [4.69, 9.17) is 4.74 Å². The predicted molar refractivity (Wildman–Crippen MR) is 131 cm³/mol. The molecule has 0 spiro atoms. The van der Waals surface area contributed by atoms with Crippen molar-refractivity contribution < 1.29 is 22.3 Å². The van der Waals surface area contributed by atoms with Gasteiger partial charge in [0.05, 0.1) is 34.1 Å². The van der Waals surface area contributed by atoms with Crippen molar-refractivity contribution in [1.82, 2.24) is 24.8 Å². The van der Waals surface area contributed by atoms with Gasteiger partial charge in [0.1, 0.15) is 5.82 Å². The number of benzene rings is 2. The van der Waals surface area contributed by atoms with Crippen molar-refractivity contribution >= 4 is 26.8 Å². The highest BCUT2D eigenvalue weighted by molar-refractivity contribution is 7.89. The number of carbonyl (C=O) groups excluding carboxylic acids is 1. The average Bonchev–Trinajstić information content (AvgIpc) is 3.33. The zero-order chi connectivity index (χ0) is 25.1. The fourth-order valence-corrected chi connectivity index (χ4v) is 5.38. The Labute approximate surface area is 207 Å². The van der Waals surface area contributed by atoms with Gasteiger partial charge in [-0.05, 0) is 54.8 Å². The summed E-state index contributed by atoms with van der Waals surface area (Å²) in [6.45, 7) is 1.29. The van der Waals surface area contributed by atoms with E-state index in [-0.39, 0.29) is 29.2 Å². The summed E-state index contributed by atoms with van der Waals surface area (Å²) < 4.78 is 48.2. The van der Waals surface area contributed by atoms with Gasteiger partial charge in [0, 0.05) is 37.4 Å². The Morgan fingerprint density at radius 3 is 2.47 bits per heavy atom. The monoisotopic (exact) mass is 509 g/mol. The Kier molecular flexibility index (Phi) is 6.77. The number of hydrogen-bond donors (Lipinski definition) is 2. The molecule has 1 fully saturated rings. The highest BCUT2D eigenvalue weighted by Crippen LogP contribution is 2.21. The Hall–Kier alpha value is -3.67. The molecule has 0 atom stereocenters. The van der Waals surface area contributed by atoms with Crippen LogP contribution in [0.4, 0.5) is 4.39 Å². The van der Waals surface area contributed by atoms with Gasteiger partial charge in [-0.15, -0.1) is 0 Å². The lowest BCUT2D eigenvalue weighted by Crippen LogP contribution is -2.38. The molecule has 4 aromatic rings. The first kappa shape index (κ1) is 24.0. The molecule has 11 heteroatoms. The van der Waals surface area contributed by atoms with Gasteiger partial charge in [0.2, 0.25) is 10.0 Å². The molecule has 9 nitrogen and oxygen atoms in total. The van der Waals surface area contributed by atoms with Crippen molar-refractivity contribution in [3.63, 3.8) is 0 Å². The van der Waals surface area contributed by atoms with Gasteiger partial charge in [-0.2, -0.15) is 5.10 Å². The second-order valence-electron chi connectivity index (χ2n) is 8.49. The summed E-state index contributed by atoms with van der Waals surface area (Å²) in [5.41, 5.74) is 2.35. The van der Waals surface area contributed by atoms with Crippen LogP contribution in [-0.4, -0.2) is 48.3 Å². The van der Waals surface area contributed by atoms with E-state index in [1.807, 2.05) is 0 Å². The summed E-state index contributed by atoms with van der Waals surface area (Å²) in [4.78, 5) is 17.3. The maximum absolute atomic E-state index is 13.3. The van der Waals surface area contributed by atoms with Crippen LogP contribution in [0.25, 0.3) is 16.6 Å². The number of pyridine rings is 1. The third kappa shape index (κ3) is 5.13. The molecule has 1 saturated heterocycles. The normalized spacial score (nSPS) is 14.7. The number of amides is 1. The van der Waals surface area contributed by atoms with Crippen LogP contribution in [0.2, 0.25) is 0 Å². The van der Waals surface area contributed by atoms with Crippen molar-refractivity contribution in [2.24, 2.45) is 0 Å². The molecule has 3 heterocycles. The van der Waals surface area contributed by atoms with Gasteiger partial charge in [-0.1, -0.05) is 12.1 Å². The number of aromatic nitrogens is 3. The number of fused-ring (bicyclic) bond motifs is 1. The van der Waals surface area contributed by atoms with E-state index in [0.29, 0.717) is 48.2 Å². The molecule has 1 amide bonds. The number of carbonyl (C=O) groups is 1. The number of halogens is 1. The molecular weight excluding hydrogens is 485 g/mol. The smallest absolute Gasteiger partial charge is 0.253 e. The highest BCUT2D eigenvalue weighted by Gasteiger charge is 2.22. The maximum Gasteiger partial charge on any atom is 0.253 e. The first-order valence-corrected chi connectivity index (χ1v) is 12.9. The lowest BCUT2D eigenvalue weighted by atomic mass is 10.1. The van der Waals surface area contributed by atoms with Crippen molar-refractivity contribution in [1.29, 1.82) is 0 Å². The molecule has 0 aliphatic carbocycles. The van der Waals surface area contributed by atoms with Crippen LogP contribution in [0.15, 0.2) is 72.0 Å². The molecule has 2 aromatic heterocycles. The molecule has 36 heavy (non-hydrogen) atoms. The van der Waals surface area contributed by atoms with E-state index >= 15 is 0 Å². The number of nitrogens with zero attached hydrogens (tertiary/aromatic N) is 3. The minimum Gasteiger partial charge on any atom is -0.381 e. The number of nitrogens with one attached hydrogen (secondary N) is 2. The van der Waals surface area contributed by atoms with E-state index in [1.165, 1.54) is 30.5 Å². The molecular formula is C25H24FN5O4S. The van der Waals surface area contributed by atoms with Crippen LogP contribution >= 0.6 is 0 Å². The lowest BCUT2D eigenvalue weighted by Gasteiger charge is -2.23. The molecule has 1 aliphatic rings. The summed E-state index contributed by atoms with van der Waals surface area (Å²) in [5.74, 6) is -0.695. The topological polar surface area (TPSA) is 115 Å². The molecule has 0 saturated carbocycles. The second-order valence-corrected chi connectivity index (χ2v) is 10.2. The quantitative estimate of drug-likeness (QED) is 0.396. The first-order chi connectivity index (χ1) is 17.4. The van der Waals surface area contributed by atoms with Gasteiger partial charge in [0.15, 0.2) is 0 Å². The van der Waals surface area contributed by atoms with Gasteiger partial charge >= 0.3 is 0 Å². The number of hydrogen-bond acceptors (Lipinski definition) is 6. The minimum absolute atomic E-state index is 0.133. The number of ether oxygens (including phenoxy) is 1. The highest BCUT2D eigenvalue weighted by atomic mass is 32.2. The summed E-state index contributed by atoms with van der Waals surface area (Å²) in [7, 11) is -3.63. The van der Waals surface area contributed by atoms with Crippen LogP contribution in [0.5, 0.6) is 0 Å². The largest absolute Gasteiger partial charge is 0.381 e. The van der Waals surface area contributed by atoms with E-state index in [1.54, 1.807) is 41.3 Å². The van der Waals surface area contributed by atoms with Crippen molar-refractivity contribution in [2.45, 2.75) is 30.3 Å². The van der Waals surface area contributed by atoms with Crippen LogP contribution in [0.1, 0.15) is 28.8 Å². The van der Waals surface area contributed by atoms with Gasteiger partial charge in [-0.3, -0.25) is 9.78 Å². The Morgan fingerprint density at radius 1 is 1.03 bits per heavy atom. The predicted octanol–water partition coefficient (Wildman–Crippen LogP) is 2.95. The Morgan fingerprint density at radius 2 is 1.75 bits per heavy atom. The summed E-state index contributed by atoms with van der Waals surface area (Å²) in [6.07, 6.45) is 5.92. The Bertz CT molecular complexity index is 1480. The van der Waals surface area contributed by atoms with E-state index in [9.17, 15) is 17.6 Å². The zero-order valence-corrected chi connectivity index (χ0v) is 20.0. The third-order valence-electron chi connectivity index (χ3n) is 6.04. The standard InChI is InChI=1S/C25H24FN5O4S/c26-18-3-5-20(6-4-18)31-24-16-27-14-23(22(24)15-29-31)25(32)28-13-17-1-7-21(8-2-17)36(33,34)30-19-9-11-35-12-10-19/h1-8,14-16,19,30H,9-13H2,(H,28,32). The molecule has 1 aliphatic heterocycles. The maximum atomic E-state index is 13.3. The van der Waals surface area contributed by atoms with E-state index < -0.39 is 10.0 Å². The molecule has 186 valence electrons. The summed E-state index contributed by atoms with van der Waals surface area (Å²) in [5, 5.41) is 7.78. The van der Waals surface area contributed by atoms with Gasteiger partial charge in [-0.25, -0.2) is 22.2 Å². The second kappa shape index (κ2) is 10.1. The summed E-state index contributed by atoms with van der Waals surface area (Å²) in [6, 6.07) is 12.1. The van der Waals surface area contributed by atoms with Gasteiger partial charge in [0.25, 0.3) is 5.91 Å². The minimum atomic E-state index is -3.63. The molecule has 2 N–H and O–H groups in total. The Balaban J connectivity index is 1.26. The van der Waals surface area contributed by atoms with Crippen LogP contribution in [-0.2, 0) is 21.3 Å². The molecule has 2 aromatic carbocycles. The molecule has 0 bridgehead atoms. The van der Waals surface area contributed by atoms with Gasteiger partial charge < -0.3 is 10.1 Å². The van der Waals surface area contributed by atoms with Crippen LogP contribution < -0.4 is 10.0 Å². The summed E-state index contributed by atoms with van der Waals surface area (Å²) >= 11 is 0. The third-order valence-corrected chi connectivity index (χ3v) is 7.58. The van der Waals surface area contributed by atoms with Crippen molar-refractivity contribution in [3.05, 3.63) is 84.1 Å². The van der Waals surface area contributed by atoms with Crippen molar-refractivity contribution in [3.8, 4) is 5.69 Å². The fraction of sp³-hybridized carbons (Fsp3) is 0.240. The molecule has 0 radical (unpaired) electrons. The van der Waals surface area contributed by atoms with E-state index in [2.05, 4.69) is 20.1 Å². The van der Waals surface area contributed by atoms with E-state index in [0.717, 1.165) is 5.56 Å². The van der Waals surface area contributed by atoms with Crippen molar-refractivity contribution in [2.75, 3.05) is 13.2 Å². The van der Waals surface area contributed by atoms with Crippen LogP contribution in [0, 0.1) is 5.82 Å². The molecule has 0 unspecified atom stereocenters. The van der Waals surface area contributed by atoms with Crippen LogP contribution in [0.3, 0.4) is 0 Å².